The number of carbonyl (C=O) groups is 2. The summed E-state index contributed by atoms with van der Waals surface area (Å²) in [5, 5.41) is 13.9. The zero-order valence-corrected chi connectivity index (χ0v) is 15.1. The number of amides is 2. The van der Waals surface area contributed by atoms with Gasteiger partial charge in [0.25, 0.3) is 5.69 Å². The van der Waals surface area contributed by atoms with E-state index in [1.165, 1.54) is 24.1 Å². The van der Waals surface area contributed by atoms with Crippen molar-refractivity contribution in [3.8, 4) is 5.75 Å². The maximum atomic E-state index is 12.6. The number of nitro benzene ring substituents is 1. The Kier molecular flexibility index (Phi) is 5.27. The number of ether oxygens (including phenoxy) is 1. The average Bonchev–Trinajstić information content (AvgIpc) is 3.04. The maximum Gasteiger partial charge on any atom is 0.294 e. The van der Waals surface area contributed by atoms with Crippen molar-refractivity contribution in [1.29, 1.82) is 0 Å². The average molecular weight is 390 g/mol. The molecule has 1 unspecified atom stereocenters. The van der Waals surface area contributed by atoms with E-state index in [1.54, 1.807) is 24.3 Å². The molecule has 0 saturated carbocycles. The molecule has 9 heteroatoms. The van der Waals surface area contributed by atoms with Gasteiger partial charge in [-0.3, -0.25) is 19.7 Å². The number of nitrogens with one attached hydrogen (secondary N) is 1. The van der Waals surface area contributed by atoms with Crippen molar-refractivity contribution in [2.45, 2.75) is 6.42 Å². The van der Waals surface area contributed by atoms with Crippen LogP contribution >= 0.6 is 11.6 Å². The summed E-state index contributed by atoms with van der Waals surface area (Å²) in [6, 6.07) is 11.0. The lowest BCUT2D eigenvalue weighted by Gasteiger charge is -2.19. The Balaban J connectivity index is 1.78. The van der Waals surface area contributed by atoms with Gasteiger partial charge in [-0.05, 0) is 24.3 Å². The Morgan fingerprint density at radius 3 is 2.78 bits per heavy atom. The normalized spacial score (nSPS) is 16.3. The van der Waals surface area contributed by atoms with Gasteiger partial charge >= 0.3 is 0 Å². The molecule has 1 aliphatic heterocycles. The van der Waals surface area contributed by atoms with Crippen LogP contribution in [0.1, 0.15) is 6.42 Å². The molecule has 27 heavy (non-hydrogen) atoms. The fourth-order valence-corrected chi connectivity index (χ4v) is 3.13. The molecule has 1 saturated heterocycles. The number of nitro groups is 1. The van der Waals surface area contributed by atoms with Crippen molar-refractivity contribution >= 4 is 40.5 Å². The van der Waals surface area contributed by atoms with E-state index in [9.17, 15) is 19.7 Å². The quantitative estimate of drug-likeness (QED) is 0.624. The summed E-state index contributed by atoms with van der Waals surface area (Å²) in [5.41, 5.74) is 0.317. The molecule has 2 amide bonds. The van der Waals surface area contributed by atoms with Crippen LogP contribution in [0.5, 0.6) is 5.75 Å². The summed E-state index contributed by atoms with van der Waals surface area (Å²) in [6.45, 7) is 0.159. The van der Waals surface area contributed by atoms with Crippen molar-refractivity contribution in [2.75, 3.05) is 23.9 Å². The summed E-state index contributed by atoms with van der Waals surface area (Å²) >= 11 is 5.78. The molecule has 0 aromatic heterocycles. The van der Waals surface area contributed by atoms with E-state index in [0.29, 0.717) is 11.4 Å². The standard InChI is InChI=1S/C18H16ClN3O5/c1-27-16-5-3-2-4-14(16)21-10-11(8-17(21)23)18(24)20-13-7-6-12(19)9-15(13)22(25)26/h2-7,9,11H,8,10H2,1H3,(H,20,24). The van der Waals surface area contributed by atoms with Gasteiger partial charge in [0.15, 0.2) is 0 Å². The number of para-hydroxylation sites is 2. The second-order valence-electron chi connectivity index (χ2n) is 5.99. The minimum absolute atomic E-state index is 0.00523. The molecule has 2 aromatic rings. The van der Waals surface area contributed by atoms with Crippen LogP contribution in [0.3, 0.4) is 0 Å². The minimum Gasteiger partial charge on any atom is -0.495 e. The Bertz CT molecular complexity index is 918. The van der Waals surface area contributed by atoms with Gasteiger partial charge < -0.3 is 15.0 Å². The predicted molar refractivity (Wildman–Crippen MR) is 100 cm³/mol. The van der Waals surface area contributed by atoms with Gasteiger partial charge in [0, 0.05) is 24.1 Å². The van der Waals surface area contributed by atoms with Crippen molar-refractivity contribution < 1.29 is 19.2 Å². The monoisotopic (exact) mass is 389 g/mol. The highest BCUT2D eigenvalue weighted by Crippen LogP contribution is 2.34. The molecule has 1 atom stereocenters. The molecular weight excluding hydrogens is 374 g/mol. The second kappa shape index (κ2) is 7.63. The highest BCUT2D eigenvalue weighted by atomic mass is 35.5. The van der Waals surface area contributed by atoms with Gasteiger partial charge in [0.2, 0.25) is 11.8 Å². The van der Waals surface area contributed by atoms with Crippen LogP contribution in [0.15, 0.2) is 42.5 Å². The van der Waals surface area contributed by atoms with E-state index in [-0.39, 0.29) is 35.3 Å². The summed E-state index contributed by atoms with van der Waals surface area (Å²) in [7, 11) is 1.50. The van der Waals surface area contributed by atoms with Crippen molar-refractivity contribution in [3.63, 3.8) is 0 Å². The van der Waals surface area contributed by atoms with E-state index in [2.05, 4.69) is 5.32 Å². The number of hydrogen-bond donors (Lipinski definition) is 1. The molecule has 0 bridgehead atoms. The van der Waals surface area contributed by atoms with Crippen LogP contribution in [0.25, 0.3) is 0 Å². The number of rotatable bonds is 5. The number of methoxy groups -OCH3 is 1. The second-order valence-corrected chi connectivity index (χ2v) is 6.42. The first-order valence-corrected chi connectivity index (χ1v) is 8.46. The molecule has 0 radical (unpaired) electrons. The molecule has 0 aliphatic carbocycles. The smallest absolute Gasteiger partial charge is 0.294 e. The number of carbonyl (C=O) groups excluding carboxylic acids is 2. The van der Waals surface area contributed by atoms with Crippen LogP contribution in [-0.4, -0.2) is 30.4 Å². The van der Waals surface area contributed by atoms with E-state index in [1.807, 2.05) is 0 Å². The number of anilines is 2. The molecule has 0 spiro atoms. The van der Waals surface area contributed by atoms with Crippen LogP contribution in [0, 0.1) is 16.0 Å². The van der Waals surface area contributed by atoms with Crippen LogP contribution in [0.2, 0.25) is 5.02 Å². The topological polar surface area (TPSA) is 102 Å². The molecule has 1 fully saturated rings. The summed E-state index contributed by atoms with van der Waals surface area (Å²) in [6.07, 6.45) is 0.00523. The summed E-state index contributed by atoms with van der Waals surface area (Å²) in [5.74, 6) is -0.797. The molecule has 1 aliphatic rings. The predicted octanol–water partition coefficient (Wildman–Crippen LogP) is 3.25. The van der Waals surface area contributed by atoms with Gasteiger partial charge in [0.05, 0.1) is 23.6 Å². The first-order chi connectivity index (χ1) is 12.9. The molecule has 2 aromatic carbocycles. The highest BCUT2D eigenvalue weighted by molar-refractivity contribution is 6.31. The zero-order valence-electron chi connectivity index (χ0n) is 14.3. The van der Waals surface area contributed by atoms with Gasteiger partial charge in [-0.1, -0.05) is 23.7 Å². The van der Waals surface area contributed by atoms with E-state index < -0.39 is 16.7 Å². The third kappa shape index (κ3) is 3.85. The zero-order chi connectivity index (χ0) is 19.6. The SMILES string of the molecule is COc1ccccc1N1CC(C(=O)Nc2ccc(Cl)cc2[N+](=O)[O-])CC1=O. The van der Waals surface area contributed by atoms with Gasteiger partial charge in [-0.2, -0.15) is 0 Å². The molecule has 8 nitrogen and oxygen atoms in total. The lowest BCUT2D eigenvalue weighted by molar-refractivity contribution is -0.383. The number of halogens is 1. The summed E-state index contributed by atoms with van der Waals surface area (Å²) in [4.78, 5) is 37.0. The Labute approximate surface area is 159 Å². The van der Waals surface area contributed by atoms with Crippen molar-refractivity contribution in [1.82, 2.24) is 0 Å². The minimum atomic E-state index is -0.641. The van der Waals surface area contributed by atoms with Crippen molar-refractivity contribution in [3.05, 3.63) is 57.6 Å². The fraction of sp³-hybridized carbons (Fsp3) is 0.222. The van der Waals surface area contributed by atoms with Crippen LogP contribution < -0.4 is 15.0 Å². The van der Waals surface area contributed by atoms with Crippen LogP contribution in [0.4, 0.5) is 17.1 Å². The Morgan fingerprint density at radius 2 is 2.07 bits per heavy atom. The molecule has 1 N–H and O–H groups in total. The van der Waals surface area contributed by atoms with Gasteiger partial charge in [-0.25, -0.2) is 0 Å². The molecule has 1 heterocycles. The van der Waals surface area contributed by atoms with Gasteiger partial charge in [0.1, 0.15) is 11.4 Å². The highest BCUT2D eigenvalue weighted by Gasteiger charge is 2.36. The first-order valence-electron chi connectivity index (χ1n) is 8.09. The number of hydrogen-bond acceptors (Lipinski definition) is 5. The molecule has 3 rings (SSSR count). The van der Waals surface area contributed by atoms with Crippen molar-refractivity contribution in [2.24, 2.45) is 5.92 Å². The van der Waals surface area contributed by atoms with E-state index in [0.717, 1.165) is 6.07 Å². The third-order valence-electron chi connectivity index (χ3n) is 4.29. The lowest BCUT2D eigenvalue weighted by Crippen LogP contribution is -2.28. The maximum absolute atomic E-state index is 12.6. The first kappa shape index (κ1) is 18.7. The fourth-order valence-electron chi connectivity index (χ4n) is 2.97. The Hall–Kier alpha value is -3.13. The third-order valence-corrected chi connectivity index (χ3v) is 4.52. The summed E-state index contributed by atoms with van der Waals surface area (Å²) < 4.78 is 5.27. The number of benzene rings is 2. The Morgan fingerprint density at radius 1 is 1.33 bits per heavy atom. The van der Waals surface area contributed by atoms with E-state index >= 15 is 0 Å². The van der Waals surface area contributed by atoms with Crippen LogP contribution in [-0.2, 0) is 9.59 Å². The number of nitrogens with zero attached hydrogens (tertiary/aromatic N) is 2. The lowest BCUT2D eigenvalue weighted by atomic mass is 10.1. The van der Waals surface area contributed by atoms with Gasteiger partial charge in [-0.15, -0.1) is 0 Å². The van der Waals surface area contributed by atoms with E-state index in [4.69, 9.17) is 16.3 Å². The largest absolute Gasteiger partial charge is 0.495 e. The molecule has 140 valence electrons. The molecular formula is C18H16ClN3O5.